The number of amides is 1. The fraction of sp³-hybridized carbons (Fsp3) is 0.0833. The first-order valence-corrected chi connectivity index (χ1v) is 4.91. The summed E-state index contributed by atoms with van der Waals surface area (Å²) in [5.74, 6) is 4.82. The molecule has 0 aliphatic rings. The molecular weight excluding hydrogens is 204 g/mol. The van der Waals surface area contributed by atoms with Gasteiger partial charge in [-0.2, -0.15) is 0 Å². The van der Waals surface area contributed by atoms with Crippen molar-refractivity contribution >= 4 is 16.7 Å². The molecule has 0 aliphatic heterocycles. The largest absolute Gasteiger partial charge is 0.508 e. The second-order valence-corrected chi connectivity index (χ2v) is 3.53. The summed E-state index contributed by atoms with van der Waals surface area (Å²) in [6.07, 6.45) is 0.0731. The predicted octanol–water partition coefficient (Wildman–Crippen LogP) is 1.08. The van der Waals surface area contributed by atoms with Crippen molar-refractivity contribution in [2.24, 2.45) is 5.84 Å². The maximum atomic E-state index is 11.2. The van der Waals surface area contributed by atoms with Crippen molar-refractivity contribution < 1.29 is 9.90 Å². The summed E-state index contributed by atoms with van der Waals surface area (Å²) in [6, 6.07) is 11.0. The number of carbonyl (C=O) groups is 1. The van der Waals surface area contributed by atoms with Crippen molar-refractivity contribution in [3.63, 3.8) is 0 Å². The van der Waals surface area contributed by atoms with E-state index < -0.39 is 0 Å². The van der Waals surface area contributed by atoms with Crippen molar-refractivity contribution in [2.45, 2.75) is 6.42 Å². The standard InChI is InChI=1S/C12H12N2O2/c13-14-12(16)7-10-9-4-2-1-3-8(9)5-6-11(10)15/h1-6,15H,7,13H2,(H,14,16). The average Bonchev–Trinajstić information content (AvgIpc) is 2.32. The van der Waals surface area contributed by atoms with Gasteiger partial charge in [-0.15, -0.1) is 0 Å². The molecule has 2 aromatic carbocycles. The lowest BCUT2D eigenvalue weighted by Crippen LogP contribution is -2.31. The highest BCUT2D eigenvalue weighted by Crippen LogP contribution is 2.27. The molecule has 4 nitrogen and oxygen atoms in total. The summed E-state index contributed by atoms with van der Waals surface area (Å²) < 4.78 is 0. The number of rotatable bonds is 2. The number of aromatic hydroxyl groups is 1. The third-order valence-electron chi connectivity index (χ3n) is 2.51. The van der Waals surface area contributed by atoms with Gasteiger partial charge in [0.25, 0.3) is 0 Å². The highest BCUT2D eigenvalue weighted by atomic mass is 16.3. The van der Waals surface area contributed by atoms with Crippen LogP contribution in [0.3, 0.4) is 0 Å². The van der Waals surface area contributed by atoms with Gasteiger partial charge in [-0.25, -0.2) is 5.84 Å². The molecule has 0 saturated carbocycles. The number of benzene rings is 2. The van der Waals surface area contributed by atoms with Crippen LogP contribution in [0.25, 0.3) is 10.8 Å². The summed E-state index contributed by atoms with van der Waals surface area (Å²) in [7, 11) is 0. The zero-order valence-corrected chi connectivity index (χ0v) is 8.60. The Morgan fingerprint density at radius 1 is 1.25 bits per heavy atom. The fourth-order valence-electron chi connectivity index (χ4n) is 1.72. The Morgan fingerprint density at radius 2 is 2.00 bits per heavy atom. The van der Waals surface area contributed by atoms with Crippen molar-refractivity contribution in [3.05, 3.63) is 42.0 Å². The van der Waals surface area contributed by atoms with E-state index >= 15 is 0 Å². The van der Waals surface area contributed by atoms with Gasteiger partial charge in [0, 0.05) is 5.56 Å². The van der Waals surface area contributed by atoms with Crippen molar-refractivity contribution in [2.75, 3.05) is 0 Å². The number of phenolic OH excluding ortho intramolecular Hbond substituents is 1. The maximum absolute atomic E-state index is 11.2. The van der Waals surface area contributed by atoms with E-state index in [1.165, 1.54) is 0 Å². The predicted molar refractivity (Wildman–Crippen MR) is 61.6 cm³/mol. The van der Waals surface area contributed by atoms with Crippen LogP contribution in [0.2, 0.25) is 0 Å². The van der Waals surface area contributed by atoms with Gasteiger partial charge in [0.2, 0.25) is 5.91 Å². The summed E-state index contributed by atoms with van der Waals surface area (Å²) in [5, 5.41) is 11.6. The molecule has 1 amide bonds. The molecule has 0 radical (unpaired) electrons. The number of phenols is 1. The molecule has 0 fully saturated rings. The van der Waals surface area contributed by atoms with E-state index in [2.05, 4.69) is 5.43 Å². The van der Waals surface area contributed by atoms with Crippen LogP contribution in [-0.4, -0.2) is 11.0 Å². The van der Waals surface area contributed by atoms with Gasteiger partial charge in [-0.3, -0.25) is 10.2 Å². The zero-order valence-electron chi connectivity index (χ0n) is 8.60. The molecule has 0 heterocycles. The molecule has 0 spiro atoms. The molecule has 0 saturated heterocycles. The van der Waals surface area contributed by atoms with E-state index in [9.17, 15) is 9.90 Å². The lowest BCUT2D eigenvalue weighted by atomic mass is 10.0. The first-order chi connectivity index (χ1) is 7.72. The van der Waals surface area contributed by atoms with Crippen LogP contribution >= 0.6 is 0 Å². The Kier molecular flexibility index (Phi) is 2.74. The highest BCUT2D eigenvalue weighted by molar-refractivity contribution is 5.91. The molecule has 4 heteroatoms. The van der Waals surface area contributed by atoms with Crippen molar-refractivity contribution in [1.82, 2.24) is 5.43 Å². The molecular formula is C12H12N2O2. The molecule has 0 aromatic heterocycles. The van der Waals surface area contributed by atoms with Crippen LogP contribution in [0, 0.1) is 0 Å². The van der Waals surface area contributed by atoms with Gasteiger partial charge >= 0.3 is 0 Å². The van der Waals surface area contributed by atoms with Crippen LogP contribution in [0.1, 0.15) is 5.56 Å². The Bertz CT molecular complexity index is 538. The normalized spacial score (nSPS) is 10.3. The second kappa shape index (κ2) is 4.20. The van der Waals surface area contributed by atoms with Gasteiger partial charge < -0.3 is 5.11 Å². The molecule has 2 aromatic rings. The van der Waals surface area contributed by atoms with E-state index in [0.717, 1.165) is 10.8 Å². The minimum absolute atomic E-state index is 0.0731. The monoisotopic (exact) mass is 216 g/mol. The number of hydrogen-bond donors (Lipinski definition) is 3. The Morgan fingerprint density at radius 3 is 2.75 bits per heavy atom. The van der Waals surface area contributed by atoms with E-state index in [0.29, 0.717) is 5.56 Å². The quantitative estimate of drug-likeness (QED) is 0.399. The van der Waals surface area contributed by atoms with E-state index in [1.807, 2.05) is 30.3 Å². The number of fused-ring (bicyclic) bond motifs is 1. The van der Waals surface area contributed by atoms with Crippen LogP contribution in [0.15, 0.2) is 36.4 Å². The maximum Gasteiger partial charge on any atom is 0.238 e. The molecule has 0 unspecified atom stereocenters. The van der Waals surface area contributed by atoms with Crippen LogP contribution in [-0.2, 0) is 11.2 Å². The summed E-state index contributed by atoms with van der Waals surface area (Å²) in [4.78, 5) is 11.2. The molecule has 4 N–H and O–H groups in total. The lowest BCUT2D eigenvalue weighted by molar-refractivity contribution is -0.120. The first-order valence-electron chi connectivity index (χ1n) is 4.91. The van der Waals surface area contributed by atoms with Crippen LogP contribution in [0.5, 0.6) is 5.75 Å². The molecule has 82 valence electrons. The Hall–Kier alpha value is -2.07. The van der Waals surface area contributed by atoms with E-state index in [1.54, 1.807) is 6.07 Å². The van der Waals surface area contributed by atoms with E-state index in [4.69, 9.17) is 5.84 Å². The number of nitrogens with two attached hydrogens (primary N) is 1. The summed E-state index contributed by atoms with van der Waals surface area (Å²) >= 11 is 0. The zero-order chi connectivity index (χ0) is 11.5. The third-order valence-corrected chi connectivity index (χ3v) is 2.51. The lowest BCUT2D eigenvalue weighted by Gasteiger charge is -2.08. The van der Waals surface area contributed by atoms with Gasteiger partial charge in [-0.1, -0.05) is 30.3 Å². The highest BCUT2D eigenvalue weighted by Gasteiger charge is 2.10. The smallest absolute Gasteiger partial charge is 0.238 e. The molecule has 0 aliphatic carbocycles. The minimum atomic E-state index is -0.327. The molecule has 0 atom stereocenters. The van der Waals surface area contributed by atoms with Crippen LogP contribution < -0.4 is 11.3 Å². The Labute approximate surface area is 92.7 Å². The van der Waals surface area contributed by atoms with Crippen LogP contribution in [0.4, 0.5) is 0 Å². The second-order valence-electron chi connectivity index (χ2n) is 3.53. The SMILES string of the molecule is NNC(=O)Cc1c(O)ccc2ccccc12. The average molecular weight is 216 g/mol. The van der Waals surface area contributed by atoms with Crippen molar-refractivity contribution in [3.8, 4) is 5.75 Å². The number of hydrogen-bond acceptors (Lipinski definition) is 3. The van der Waals surface area contributed by atoms with Gasteiger partial charge in [-0.05, 0) is 16.8 Å². The van der Waals surface area contributed by atoms with Gasteiger partial charge in [0.15, 0.2) is 0 Å². The topological polar surface area (TPSA) is 75.3 Å². The third kappa shape index (κ3) is 1.83. The summed E-state index contributed by atoms with van der Waals surface area (Å²) in [5.41, 5.74) is 2.65. The summed E-state index contributed by atoms with van der Waals surface area (Å²) in [6.45, 7) is 0. The minimum Gasteiger partial charge on any atom is -0.508 e. The number of hydrazine groups is 1. The number of carbonyl (C=O) groups excluding carboxylic acids is 1. The van der Waals surface area contributed by atoms with Gasteiger partial charge in [0.05, 0.1) is 6.42 Å². The van der Waals surface area contributed by atoms with Gasteiger partial charge in [0.1, 0.15) is 5.75 Å². The van der Waals surface area contributed by atoms with E-state index in [-0.39, 0.29) is 18.1 Å². The molecule has 0 bridgehead atoms. The fourth-order valence-corrected chi connectivity index (χ4v) is 1.72. The van der Waals surface area contributed by atoms with Crippen molar-refractivity contribution in [1.29, 1.82) is 0 Å². The first kappa shape index (κ1) is 10.4. The number of nitrogens with one attached hydrogen (secondary N) is 1. The Balaban J connectivity index is 2.57. The molecule has 2 rings (SSSR count). The molecule has 16 heavy (non-hydrogen) atoms.